The van der Waals surface area contributed by atoms with Crippen LogP contribution in [-0.4, -0.2) is 42.5 Å². The number of aryl methyl sites for hydroxylation is 1. The average Bonchev–Trinajstić information content (AvgIpc) is 2.62. The number of carbonyl (C=O) groups is 1. The molecule has 1 saturated carbocycles. The highest BCUT2D eigenvalue weighted by atomic mass is 16.6. The Morgan fingerprint density at radius 1 is 1.31 bits per heavy atom. The number of hydrogen-bond donors (Lipinski definition) is 1. The SMILES string of the molecule is COc1cc(NC(=O)CN2CC[C@H]3CCCC[C@@H]3C2)c(C)cc1[N+](=O)[O-]. The molecule has 1 saturated heterocycles. The third-order valence-electron chi connectivity index (χ3n) is 5.74. The predicted octanol–water partition coefficient (Wildman–Crippen LogP) is 3.36. The first kappa shape index (κ1) is 18.6. The van der Waals surface area contributed by atoms with Crippen LogP contribution in [0.15, 0.2) is 12.1 Å². The van der Waals surface area contributed by atoms with E-state index in [0.29, 0.717) is 17.8 Å². The summed E-state index contributed by atoms with van der Waals surface area (Å²) in [5.74, 6) is 1.63. The van der Waals surface area contributed by atoms with Gasteiger partial charge in [-0.2, -0.15) is 0 Å². The van der Waals surface area contributed by atoms with Crippen LogP contribution in [0.4, 0.5) is 11.4 Å². The van der Waals surface area contributed by atoms with Gasteiger partial charge in [-0.1, -0.05) is 19.3 Å². The molecule has 1 N–H and O–H groups in total. The van der Waals surface area contributed by atoms with Gasteiger partial charge in [0.15, 0.2) is 5.75 Å². The highest BCUT2D eigenvalue weighted by Crippen LogP contribution is 2.36. The summed E-state index contributed by atoms with van der Waals surface area (Å²) in [7, 11) is 1.39. The molecule has 1 aromatic rings. The molecule has 0 spiro atoms. The van der Waals surface area contributed by atoms with Gasteiger partial charge in [-0.15, -0.1) is 0 Å². The molecule has 0 unspecified atom stereocenters. The molecule has 0 aromatic heterocycles. The Labute approximate surface area is 153 Å². The van der Waals surface area contributed by atoms with Gasteiger partial charge in [-0.3, -0.25) is 19.8 Å². The van der Waals surface area contributed by atoms with Crippen molar-refractivity contribution in [3.63, 3.8) is 0 Å². The van der Waals surface area contributed by atoms with Crippen molar-refractivity contribution in [3.8, 4) is 5.75 Å². The zero-order valence-electron chi connectivity index (χ0n) is 15.5. The Bertz CT molecular complexity index is 692. The van der Waals surface area contributed by atoms with Crippen LogP contribution in [0.25, 0.3) is 0 Å². The van der Waals surface area contributed by atoms with Crippen LogP contribution >= 0.6 is 0 Å². The third kappa shape index (κ3) is 4.15. The maximum atomic E-state index is 12.5. The number of fused-ring (bicyclic) bond motifs is 1. The minimum atomic E-state index is -0.480. The molecular weight excluding hydrogens is 334 g/mol. The average molecular weight is 361 g/mol. The van der Waals surface area contributed by atoms with Gasteiger partial charge in [0.2, 0.25) is 5.91 Å². The number of nitro groups is 1. The molecule has 1 amide bonds. The quantitative estimate of drug-likeness (QED) is 0.642. The fourth-order valence-electron chi connectivity index (χ4n) is 4.33. The van der Waals surface area contributed by atoms with Crippen molar-refractivity contribution in [1.82, 2.24) is 4.90 Å². The lowest BCUT2D eigenvalue weighted by Gasteiger charge is -2.41. The van der Waals surface area contributed by atoms with E-state index in [2.05, 4.69) is 10.2 Å². The van der Waals surface area contributed by atoms with Crippen LogP contribution in [0.5, 0.6) is 5.75 Å². The highest BCUT2D eigenvalue weighted by Gasteiger charge is 2.31. The number of nitrogens with zero attached hydrogens (tertiary/aromatic N) is 2. The van der Waals surface area contributed by atoms with E-state index in [1.54, 1.807) is 6.92 Å². The number of nitro benzene ring substituents is 1. The molecule has 26 heavy (non-hydrogen) atoms. The molecule has 7 nitrogen and oxygen atoms in total. The number of rotatable bonds is 5. The third-order valence-corrected chi connectivity index (χ3v) is 5.74. The minimum absolute atomic E-state index is 0.0849. The summed E-state index contributed by atoms with van der Waals surface area (Å²) < 4.78 is 5.09. The van der Waals surface area contributed by atoms with E-state index in [9.17, 15) is 14.9 Å². The molecule has 0 bridgehead atoms. The monoisotopic (exact) mass is 361 g/mol. The summed E-state index contributed by atoms with van der Waals surface area (Å²) in [4.78, 5) is 25.3. The number of amides is 1. The Hall–Kier alpha value is -2.15. The second-order valence-electron chi connectivity index (χ2n) is 7.47. The maximum Gasteiger partial charge on any atom is 0.311 e. The Balaban J connectivity index is 1.62. The van der Waals surface area contributed by atoms with Crippen molar-refractivity contribution < 1.29 is 14.5 Å². The van der Waals surface area contributed by atoms with E-state index in [4.69, 9.17) is 4.74 Å². The molecule has 1 aliphatic carbocycles. The van der Waals surface area contributed by atoms with Gasteiger partial charge in [0, 0.05) is 24.4 Å². The molecule has 0 radical (unpaired) electrons. The number of hydrogen-bond acceptors (Lipinski definition) is 5. The second kappa shape index (κ2) is 8.03. The molecule has 2 atom stereocenters. The Morgan fingerprint density at radius 2 is 2.04 bits per heavy atom. The van der Waals surface area contributed by atoms with Crippen LogP contribution in [-0.2, 0) is 4.79 Å². The molecule has 2 fully saturated rings. The lowest BCUT2D eigenvalue weighted by molar-refractivity contribution is -0.385. The molecule has 1 heterocycles. The number of piperidine rings is 1. The summed E-state index contributed by atoms with van der Waals surface area (Å²) in [5.41, 5.74) is 1.12. The molecular formula is C19H27N3O4. The fraction of sp³-hybridized carbons (Fsp3) is 0.632. The highest BCUT2D eigenvalue weighted by molar-refractivity contribution is 5.93. The minimum Gasteiger partial charge on any atom is -0.490 e. The zero-order chi connectivity index (χ0) is 18.7. The smallest absolute Gasteiger partial charge is 0.311 e. The first-order valence-corrected chi connectivity index (χ1v) is 9.33. The number of methoxy groups -OCH3 is 1. The second-order valence-corrected chi connectivity index (χ2v) is 7.47. The summed E-state index contributed by atoms with van der Waals surface area (Å²) >= 11 is 0. The van der Waals surface area contributed by atoms with Gasteiger partial charge in [-0.25, -0.2) is 0 Å². The summed E-state index contributed by atoms with van der Waals surface area (Å²) in [5, 5.41) is 14.0. The van der Waals surface area contributed by atoms with Crippen LogP contribution in [0, 0.1) is 28.9 Å². The molecule has 1 aromatic carbocycles. The van der Waals surface area contributed by atoms with E-state index in [0.717, 1.165) is 24.9 Å². The van der Waals surface area contributed by atoms with Gasteiger partial charge < -0.3 is 10.1 Å². The molecule has 7 heteroatoms. The summed E-state index contributed by atoms with van der Waals surface area (Å²) in [6.45, 7) is 4.08. The summed E-state index contributed by atoms with van der Waals surface area (Å²) in [6, 6.07) is 2.96. The largest absolute Gasteiger partial charge is 0.490 e. The number of nitrogens with one attached hydrogen (secondary N) is 1. The van der Waals surface area contributed by atoms with Gasteiger partial charge in [0.25, 0.3) is 0 Å². The standard InChI is InChI=1S/C19H27N3O4/c1-13-9-17(22(24)25)18(26-2)10-16(13)20-19(23)12-21-8-7-14-5-3-4-6-15(14)11-21/h9-10,14-15H,3-8,11-12H2,1-2H3,(H,20,23)/t14-,15-/m1/s1. The number of carbonyl (C=O) groups excluding carboxylic acids is 1. The Morgan fingerprint density at radius 3 is 2.73 bits per heavy atom. The van der Waals surface area contributed by atoms with Gasteiger partial charge in [-0.05, 0) is 43.7 Å². The van der Waals surface area contributed by atoms with Crippen molar-refractivity contribution in [3.05, 3.63) is 27.8 Å². The Kier molecular flexibility index (Phi) is 5.76. The van der Waals surface area contributed by atoms with Crippen molar-refractivity contribution >= 4 is 17.3 Å². The van der Waals surface area contributed by atoms with E-state index >= 15 is 0 Å². The van der Waals surface area contributed by atoms with Crippen molar-refractivity contribution in [2.24, 2.45) is 11.8 Å². The number of anilines is 1. The van der Waals surface area contributed by atoms with Crippen LogP contribution < -0.4 is 10.1 Å². The zero-order valence-corrected chi connectivity index (χ0v) is 15.5. The van der Waals surface area contributed by atoms with Crippen LogP contribution in [0.1, 0.15) is 37.7 Å². The van der Waals surface area contributed by atoms with E-state index in [-0.39, 0.29) is 17.3 Å². The number of benzene rings is 1. The summed E-state index contributed by atoms with van der Waals surface area (Å²) in [6.07, 6.45) is 6.46. The lowest BCUT2D eigenvalue weighted by Crippen LogP contribution is -2.44. The maximum absolute atomic E-state index is 12.5. The van der Waals surface area contributed by atoms with Crippen molar-refractivity contribution in [2.45, 2.75) is 39.0 Å². The van der Waals surface area contributed by atoms with Crippen LogP contribution in [0.3, 0.4) is 0 Å². The first-order chi connectivity index (χ1) is 12.5. The van der Waals surface area contributed by atoms with E-state index < -0.39 is 4.92 Å². The number of likely N-dealkylation sites (tertiary alicyclic amines) is 1. The lowest BCUT2D eigenvalue weighted by atomic mass is 9.75. The predicted molar refractivity (Wildman–Crippen MR) is 99.5 cm³/mol. The van der Waals surface area contributed by atoms with Crippen molar-refractivity contribution in [1.29, 1.82) is 0 Å². The topological polar surface area (TPSA) is 84.7 Å². The van der Waals surface area contributed by atoms with E-state index in [1.807, 2.05) is 0 Å². The van der Waals surface area contributed by atoms with E-state index in [1.165, 1.54) is 51.3 Å². The normalized spacial score (nSPS) is 23.2. The fourth-order valence-corrected chi connectivity index (χ4v) is 4.33. The van der Waals surface area contributed by atoms with Crippen molar-refractivity contribution in [2.75, 3.05) is 32.1 Å². The molecule has 3 rings (SSSR count). The number of ether oxygens (including phenoxy) is 1. The molecule has 2 aliphatic rings. The first-order valence-electron chi connectivity index (χ1n) is 9.33. The van der Waals surface area contributed by atoms with Gasteiger partial charge in [0.1, 0.15) is 0 Å². The van der Waals surface area contributed by atoms with Gasteiger partial charge in [0.05, 0.1) is 18.6 Å². The molecule has 1 aliphatic heterocycles. The van der Waals surface area contributed by atoms with Crippen LogP contribution in [0.2, 0.25) is 0 Å². The van der Waals surface area contributed by atoms with Gasteiger partial charge >= 0.3 is 5.69 Å². The molecule has 142 valence electrons.